The van der Waals surface area contributed by atoms with Gasteiger partial charge in [0.1, 0.15) is 11.6 Å². The summed E-state index contributed by atoms with van der Waals surface area (Å²) in [6.45, 7) is 0.417. The molecule has 0 aliphatic heterocycles. The van der Waals surface area contributed by atoms with Crippen LogP contribution in [0.2, 0.25) is 0 Å². The molecule has 0 amide bonds. The number of para-hydroxylation sites is 1. The van der Waals surface area contributed by atoms with E-state index in [0.29, 0.717) is 23.3 Å². The average molecular weight is 331 g/mol. The molecule has 0 aliphatic rings. The SMILES string of the molecule is O=c1[nH]c(CN[C@H](c2ccccc2)c2ccco2)nc2ccccc12. The minimum Gasteiger partial charge on any atom is -0.467 e. The third-order valence-corrected chi connectivity index (χ3v) is 4.10. The quantitative estimate of drug-likeness (QED) is 0.588. The van der Waals surface area contributed by atoms with Crippen molar-refractivity contribution in [1.82, 2.24) is 15.3 Å². The van der Waals surface area contributed by atoms with Crippen molar-refractivity contribution in [3.05, 3.63) is 100 Å². The van der Waals surface area contributed by atoms with Crippen molar-refractivity contribution in [2.45, 2.75) is 12.6 Å². The largest absolute Gasteiger partial charge is 0.467 e. The van der Waals surface area contributed by atoms with E-state index in [1.807, 2.05) is 60.7 Å². The van der Waals surface area contributed by atoms with Crippen molar-refractivity contribution in [2.75, 3.05) is 0 Å². The fraction of sp³-hybridized carbons (Fsp3) is 0.100. The van der Waals surface area contributed by atoms with Crippen LogP contribution >= 0.6 is 0 Å². The molecule has 0 bridgehead atoms. The van der Waals surface area contributed by atoms with E-state index in [4.69, 9.17) is 4.42 Å². The molecule has 5 heteroatoms. The van der Waals surface area contributed by atoms with Gasteiger partial charge in [0.2, 0.25) is 0 Å². The lowest BCUT2D eigenvalue weighted by Gasteiger charge is -2.17. The monoisotopic (exact) mass is 331 g/mol. The van der Waals surface area contributed by atoms with E-state index in [0.717, 1.165) is 11.3 Å². The molecule has 4 rings (SSSR count). The van der Waals surface area contributed by atoms with Crippen LogP contribution in [0.1, 0.15) is 23.2 Å². The lowest BCUT2D eigenvalue weighted by atomic mass is 10.0. The maximum Gasteiger partial charge on any atom is 0.258 e. The first-order valence-electron chi connectivity index (χ1n) is 8.11. The number of nitrogens with one attached hydrogen (secondary N) is 2. The predicted octanol–water partition coefficient (Wildman–Crippen LogP) is 3.40. The number of H-pyrrole nitrogens is 1. The van der Waals surface area contributed by atoms with Crippen molar-refractivity contribution < 1.29 is 4.42 Å². The number of fused-ring (bicyclic) bond motifs is 1. The van der Waals surface area contributed by atoms with E-state index in [2.05, 4.69) is 15.3 Å². The zero-order chi connectivity index (χ0) is 17.1. The normalized spacial score (nSPS) is 12.3. The highest BCUT2D eigenvalue weighted by Crippen LogP contribution is 2.22. The van der Waals surface area contributed by atoms with Crippen LogP contribution in [0.4, 0.5) is 0 Å². The number of aromatic nitrogens is 2. The molecule has 4 aromatic rings. The molecule has 0 radical (unpaired) electrons. The summed E-state index contributed by atoms with van der Waals surface area (Å²) in [5.74, 6) is 1.41. The fourth-order valence-electron chi connectivity index (χ4n) is 2.90. The van der Waals surface area contributed by atoms with Gasteiger partial charge in [-0.1, -0.05) is 42.5 Å². The van der Waals surface area contributed by atoms with E-state index in [-0.39, 0.29) is 11.6 Å². The molecule has 2 aromatic carbocycles. The van der Waals surface area contributed by atoms with Gasteiger partial charge in [-0.25, -0.2) is 4.98 Å². The van der Waals surface area contributed by atoms with Crippen LogP contribution in [-0.4, -0.2) is 9.97 Å². The third kappa shape index (κ3) is 3.22. The minimum absolute atomic E-state index is 0.118. The van der Waals surface area contributed by atoms with Gasteiger partial charge >= 0.3 is 0 Å². The molecule has 2 aromatic heterocycles. The Labute approximate surface area is 144 Å². The highest BCUT2D eigenvalue weighted by molar-refractivity contribution is 5.77. The van der Waals surface area contributed by atoms with Gasteiger partial charge < -0.3 is 9.40 Å². The van der Waals surface area contributed by atoms with Gasteiger partial charge in [-0.15, -0.1) is 0 Å². The second-order valence-electron chi connectivity index (χ2n) is 5.77. The summed E-state index contributed by atoms with van der Waals surface area (Å²) in [6, 6.07) is 21.0. The summed E-state index contributed by atoms with van der Waals surface area (Å²) in [7, 11) is 0. The molecule has 0 spiro atoms. The van der Waals surface area contributed by atoms with E-state index in [1.54, 1.807) is 12.3 Å². The van der Waals surface area contributed by atoms with Crippen molar-refractivity contribution in [2.24, 2.45) is 0 Å². The van der Waals surface area contributed by atoms with E-state index < -0.39 is 0 Å². The van der Waals surface area contributed by atoms with Crippen molar-refractivity contribution >= 4 is 10.9 Å². The molecule has 0 aliphatic carbocycles. The smallest absolute Gasteiger partial charge is 0.258 e. The van der Waals surface area contributed by atoms with Crippen LogP contribution < -0.4 is 10.9 Å². The summed E-state index contributed by atoms with van der Waals surface area (Å²) in [4.78, 5) is 19.6. The van der Waals surface area contributed by atoms with Gasteiger partial charge in [0.25, 0.3) is 5.56 Å². The minimum atomic E-state index is -0.128. The van der Waals surface area contributed by atoms with Crippen LogP contribution in [-0.2, 0) is 6.54 Å². The molecule has 2 N–H and O–H groups in total. The zero-order valence-electron chi connectivity index (χ0n) is 13.5. The van der Waals surface area contributed by atoms with Gasteiger partial charge in [-0.3, -0.25) is 10.1 Å². The van der Waals surface area contributed by atoms with Gasteiger partial charge in [0.15, 0.2) is 0 Å². The first kappa shape index (κ1) is 15.4. The van der Waals surface area contributed by atoms with Crippen LogP contribution in [0.25, 0.3) is 10.9 Å². The second kappa shape index (κ2) is 6.75. The summed E-state index contributed by atoms with van der Waals surface area (Å²) >= 11 is 0. The van der Waals surface area contributed by atoms with Crippen LogP contribution in [0.3, 0.4) is 0 Å². The number of furan rings is 1. The summed E-state index contributed by atoms with van der Waals surface area (Å²) in [5.41, 5.74) is 1.65. The number of nitrogens with zero attached hydrogens (tertiary/aromatic N) is 1. The maximum atomic E-state index is 12.2. The van der Waals surface area contributed by atoms with Crippen LogP contribution in [0.15, 0.2) is 82.2 Å². The first-order valence-corrected chi connectivity index (χ1v) is 8.11. The molecule has 25 heavy (non-hydrogen) atoms. The zero-order valence-corrected chi connectivity index (χ0v) is 13.5. The molecule has 0 unspecified atom stereocenters. The van der Waals surface area contributed by atoms with Gasteiger partial charge in [0, 0.05) is 0 Å². The lowest BCUT2D eigenvalue weighted by molar-refractivity contribution is 0.442. The van der Waals surface area contributed by atoms with Crippen molar-refractivity contribution in [1.29, 1.82) is 0 Å². The molecule has 0 fully saturated rings. The highest BCUT2D eigenvalue weighted by Gasteiger charge is 2.16. The van der Waals surface area contributed by atoms with E-state index >= 15 is 0 Å². The Morgan fingerprint density at radius 1 is 1.00 bits per heavy atom. The van der Waals surface area contributed by atoms with Gasteiger partial charge in [-0.2, -0.15) is 0 Å². The van der Waals surface area contributed by atoms with Crippen LogP contribution in [0.5, 0.6) is 0 Å². The fourth-order valence-corrected chi connectivity index (χ4v) is 2.90. The Kier molecular flexibility index (Phi) is 4.14. The number of hydrogen-bond acceptors (Lipinski definition) is 4. The molecule has 5 nitrogen and oxygen atoms in total. The molecule has 1 atom stereocenters. The number of hydrogen-bond donors (Lipinski definition) is 2. The molecule has 0 saturated heterocycles. The standard InChI is InChI=1S/C20H17N3O2/c24-20-15-9-4-5-10-16(15)22-18(23-20)13-21-19(17-11-6-12-25-17)14-7-2-1-3-8-14/h1-12,19,21H,13H2,(H,22,23,24)/t19-/m1/s1. The van der Waals surface area contributed by atoms with Gasteiger partial charge in [-0.05, 0) is 29.8 Å². The number of benzene rings is 2. The lowest BCUT2D eigenvalue weighted by Crippen LogP contribution is -2.24. The highest BCUT2D eigenvalue weighted by atomic mass is 16.3. The number of rotatable bonds is 5. The molecule has 0 saturated carbocycles. The van der Waals surface area contributed by atoms with Gasteiger partial charge in [0.05, 0.1) is 29.8 Å². The Balaban J connectivity index is 1.63. The Morgan fingerprint density at radius 2 is 1.80 bits per heavy atom. The van der Waals surface area contributed by atoms with Crippen molar-refractivity contribution in [3.63, 3.8) is 0 Å². The summed E-state index contributed by atoms with van der Waals surface area (Å²) < 4.78 is 5.58. The summed E-state index contributed by atoms with van der Waals surface area (Å²) in [6.07, 6.45) is 1.66. The van der Waals surface area contributed by atoms with E-state index in [1.165, 1.54) is 0 Å². The number of aromatic amines is 1. The molecule has 2 heterocycles. The second-order valence-corrected chi connectivity index (χ2v) is 5.77. The Morgan fingerprint density at radius 3 is 2.60 bits per heavy atom. The predicted molar refractivity (Wildman–Crippen MR) is 96.2 cm³/mol. The van der Waals surface area contributed by atoms with E-state index in [9.17, 15) is 4.79 Å². The Bertz CT molecular complexity index is 1020. The molecular weight excluding hydrogens is 314 g/mol. The molecule has 124 valence electrons. The topological polar surface area (TPSA) is 70.9 Å². The summed E-state index contributed by atoms with van der Waals surface area (Å²) in [5, 5.41) is 4.01. The van der Waals surface area contributed by atoms with Crippen LogP contribution in [0, 0.1) is 0 Å². The first-order chi connectivity index (χ1) is 12.3. The third-order valence-electron chi connectivity index (χ3n) is 4.10. The Hall–Kier alpha value is -3.18. The van der Waals surface area contributed by atoms with Crippen molar-refractivity contribution in [3.8, 4) is 0 Å². The maximum absolute atomic E-state index is 12.2. The average Bonchev–Trinajstić information content (AvgIpc) is 3.17. The molecular formula is C20H17N3O2.